The zero-order valence-corrected chi connectivity index (χ0v) is 11.5. The van der Waals surface area contributed by atoms with Crippen LogP contribution in [0, 0.1) is 10.5 Å². The van der Waals surface area contributed by atoms with Crippen LogP contribution in [0.25, 0.3) is 0 Å². The number of carbonyl (C=O) groups is 1. The van der Waals surface area contributed by atoms with Crippen molar-refractivity contribution < 1.29 is 19.2 Å². The van der Waals surface area contributed by atoms with Crippen molar-refractivity contribution in [1.29, 1.82) is 0 Å². The van der Waals surface area contributed by atoms with Crippen molar-refractivity contribution in [3.05, 3.63) is 39.0 Å². The molecule has 2 aromatic rings. The normalized spacial score (nSPS) is 10.3. The number of nitrogens with zero attached hydrogens (tertiary/aromatic N) is 2. The quantitative estimate of drug-likeness (QED) is 0.842. The number of hydrogen-bond acceptors (Lipinski definition) is 5. The molecule has 0 amide bonds. The molecular weight excluding hydrogens is 351 g/mol. The Morgan fingerprint density at radius 2 is 2.33 bits per heavy atom. The van der Waals surface area contributed by atoms with Gasteiger partial charge in [-0.05, 0) is 40.8 Å². The highest BCUT2D eigenvalue weighted by Gasteiger charge is 2.09. The van der Waals surface area contributed by atoms with E-state index in [0.29, 0.717) is 17.5 Å². The number of aryl methyl sites for hydroxylation is 1. The first-order valence-electron chi connectivity index (χ1n) is 5.01. The number of hydrogen-bond donors (Lipinski definition) is 1. The van der Waals surface area contributed by atoms with Gasteiger partial charge in [0.15, 0.2) is 6.61 Å². The monoisotopic (exact) mass is 360 g/mol. The number of benzene rings is 1. The summed E-state index contributed by atoms with van der Waals surface area (Å²) in [5.74, 6) is 0.372. The van der Waals surface area contributed by atoms with Gasteiger partial charge in [-0.15, -0.1) is 0 Å². The Balaban J connectivity index is 2.13. The van der Waals surface area contributed by atoms with Crippen LogP contribution in [0.15, 0.2) is 22.7 Å². The van der Waals surface area contributed by atoms with E-state index in [9.17, 15) is 4.79 Å². The van der Waals surface area contributed by atoms with Gasteiger partial charge in [0.1, 0.15) is 5.75 Å². The predicted molar refractivity (Wildman–Crippen MR) is 69.5 cm³/mol. The summed E-state index contributed by atoms with van der Waals surface area (Å²) in [7, 11) is 0. The summed E-state index contributed by atoms with van der Waals surface area (Å²) in [6, 6.07) is 4.67. The summed E-state index contributed by atoms with van der Waals surface area (Å²) in [4.78, 5) is 14.8. The molecule has 0 radical (unpaired) electrons. The van der Waals surface area contributed by atoms with Crippen LogP contribution in [-0.4, -0.2) is 21.2 Å². The van der Waals surface area contributed by atoms with E-state index < -0.39 is 5.97 Å². The highest BCUT2D eigenvalue weighted by atomic mass is 127. The summed E-state index contributed by atoms with van der Waals surface area (Å²) in [5, 5.41) is 12.6. The fourth-order valence-corrected chi connectivity index (χ4v) is 1.78. The van der Waals surface area contributed by atoms with Gasteiger partial charge in [-0.3, -0.25) is 0 Å². The Morgan fingerprint density at radius 3 is 2.94 bits per heavy atom. The third-order valence-corrected chi connectivity index (χ3v) is 3.00. The highest BCUT2D eigenvalue weighted by molar-refractivity contribution is 14.1. The fraction of sp³-hybridized carbons (Fsp3) is 0.182. The molecule has 0 fully saturated rings. The largest absolute Gasteiger partial charge is 0.484 e. The smallest absolute Gasteiger partial charge is 0.335 e. The number of carboxylic acid groups (broad SMARTS) is 1. The lowest BCUT2D eigenvalue weighted by Gasteiger charge is -2.06. The molecule has 7 heteroatoms. The third-order valence-electron chi connectivity index (χ3n) is 2.10. The van der Waals surface area contributed by atoms with Crippen LogP contribution in [0.3, 0.4) is 0 Å². The van der Waals surface area contributed by atoms with Crippen molar-refractivity contribution in [2.24, 2.45) is 0 Å². The maximum absolute atomic E-state index is 10.8. The molecule has 94 valence electrons. The van der Waals surface area contributed by atoms with E-state index in [1.165, 1.54) is 12.1 Å². The third kappa shape index (κ3) is 2.97. The fourth-order valence-electron chi connectivity index (χ4n) is 1.29. The molecule has 0 aliphatic heterocycles. The van der Waals surface area contributed by atoms with Crippen molar-refractivity contribution in [2.75, 3.05) is 0 Å². The van der Waals surface area contributed by atoms with Crippen LogP contribution in [0.4, 0.5) is 0 Å². The molecule has 6 nitrogen and oxygen atoms in total. The molecule has 0 aliphatic carbocycles. The number of aromatic carboxylic acids is 1. The van der Waals surface area contributed by atoms with Crippen molar-refractivity contribution in [3.8, 4) is 5.75 Å². The number of aromatic nitrogens is 2. The predicted octanol–water partition coefficient (Wildman–Crippen LogP) is 2.26. The van der Waals surface area contributed by atoms with Crippen molar-refractivity contribution in [2.45, 2.75) is 13.5 Å². The van der Waals surface area contributed by atoms with Gasteiger partial charge >= 0.3 is 5.97 Å². The molecule has 0 saturated heterocycles. The van der Waals surface area contributed by atoms with Crippen molar-refractivity contribution >= 4 is 28.6 Å². The molecule has 1 aromatic heterocycles. The van der Waals surface area contributed by atoms with Crippen LogP contribution in [0.1, 0.15) is 22.1 Å². The highest BCUT2D eigenvalue weighted by Crippen LogP contribution is 2.23. The van der Waals surface area contributed by atoms with Gasteiger partial charge in [-0.2, -0.15) is 4.98 Å². The van der Waals surface area contributed by atoms with E-state index in [1.54, 1.807) is 13.0 Å². The van der Waals surface area contributed by atoms with Crippen LogP contribution < -0.4 is 4.74 Å². The molecule has 18 heavy (non-hydrogen) atoms. The van der Waals surface area contributed by atoms with Gasteiger partial charge in [-0.1, -0.05) is 5.16 Å². The summed E-state index contributed by atoms with van der Waals surface area (Å²) in [6.45, 7) is 1.82. The average molecular weight is 360 g/mol. The van der Waals surface area contributed by atoms with E-state index in [2.05, 4.69) is 32.7 Å². The molecular formula is C11H9IN2O4. The number of rotatable bonds is 4. The van der Waals surface area contributed by atoms with Gasteiger partial charge in [0.05, 0.1) is 9.13 Å². The van der Waals surface area contributed by atoms with Gasteiger partial charge in [0.25, 0.3) is 0 Å². The summed E-state index contributed by atoms with van der Waals surface area (Å²) >= 11 is 2.07. The number of carboxylic acids is 1. The van der Waals surface area contributed by atoms with E-state index in [0.717, 1.165) is 3.57 Å². The molecule has 0 saturated carbocycles. The molecule has 1 aromatic carbocycles. The first-order valence-corrected chi connectivity index (χ1v) is 6.09. The summed E-state index contributed by atoms with van der Waals surface area (Å²) in [6.07, 6.45) is 0. The molecule has 2 rings (SSSR count). The topological polar surface area (TPSA) is 85.5 Å². The Morgan fingerprint density at radius 1 is 1.56 bits per heavy atom. The molecule has 0 spiro atoms. The van der Waals surface area contributed by atoms with E-state index in [1.807, 2.05) is 0 Å². The SMILES string of the molecule is Cc1nc(COc2cc(C(=O)O)ccc2I)no1. The van der Waals surface area contributed by atoms with Crippen molar-refractivity contribution in [3.63, 3.8) is 0 Å². The lowest BCUT2D eigenvalue weighted by molar-refractivity contribution is 0.0696. The van der Waals surface area contributed by atoms with Gasteiger partial charge in [-0.25, -0.2) is 4.79 Å². The Kier molecular flexibility index (Phi) is 3.80. The molecule has 0 bridgehead atoms. The van der Waals surface area contributed by atoms with E-state index in [4.69, 9.17) is 14.4 Å². The molecule has 1 heterocycles. The molecule has 1 N–H and O–H groups in total. The minimum atomic E-state index is -0.994. The lowest BCUT2D eigenvalue weighted by atomic mass is 10.2. The second-order valence-corrected chi connectivity index (χ2v) is 4.63. The Hall–Kier alpha value is -1.64. The van der Waals surface area contributed by atoms with Crippen LogP contribution in [0.2, 0.25) is 0 Å². The summed E-state index contributed by atoms with van der Waals surface area (Å²) in [5.41, 5.74) is 0.176. The molecule has 0 atom stereocenters. The minimum absolute atomic E-state index is 0.135. The standard InChI is InChI=1S/C11H9IN2O4/c1-6-13-10(14-18-6)5-17-9-4-7(11(15)16)2-3-8(9)12/h2-4H,5H2,1H3,(H,15,16). The zero-order valence-electron chi connectivity index (χ0n) is 9.38. The zero-order chi connectivity index (χ0) is 13.1. The lowest BCUT2D eigenvalue weighted by Crippen LogP contribution is -2.02. The van der Waals surface area contributed by atoms with E-state index >= 15 is 0 Å². The van der Waals surface area contributed by atoms with Gasteiger partial charge in [0.2, 0.25) is 11.7 Å². The minimum Gasteiger partial charge on any atom is -0.484 e. The maximum Gasteiger partial charge on any atom is 0.335 e. The Labute approximate surface area is 116 Å². The van der Waals surface area contributed by atoms with Gasteiger partial charge in [0, 0.05) is 6.92 Å². The molecule has 0 unspecified atom stereocenters. The van der Waals surface area contributed by atoms with Gasteiger partial charge < -0.3 is 14.4 Å². The number of ether oxygens (including phenoxy) is 1. The maximum atomic E-state index is 10.8. The van der Waals surface area contributed by atoms with Crippen LogP contribution >= 0.6 is 22.6 Å². The second kappa shape index (κ2) is 5.34. The average Bonchev–Trinajstić information content (AvgIpc) is 2.74. The summed E-state index contributed by atoms with van der Waals surface area (Å²) < 4.78 is 11.1. The number of halogens is 1. The Bertz CT molecular complexity index is 582. The first kappa shape index (κ1) is 12.8. The molecule has 0 aliphatic rings. The van der Waals surface area contributed by atoms with Crippen LogP contribution in [0.5, 0.6) is 5.75 Å². The van der Waals surface area contributed by atoms with E-state index in [-0.39, 0.29) is 12.2 Å². The first-order chi connectivity index (χ1) is 8.56. The van der Waals surface area contributed by atoms with Crippen LogP contribution in [-0.2, 0) is 6.61 Å². The second-order valence-electron chi connectivity index (χ2n) is 3.47. The van der Waals surface area contributed by atoms with Crippen molar-refractivity contribution in [1.82, 2.24) is 10.1 Å².